The number of halogens is 2. The first-order valence-electron chi connectivity index (χ1n) is 8.74. The molecule has 0 bridgehead atoms. The summed E-state index contributed by atoms with van der Waals surface area (Å²) < 4.78 is 19.7. The second-order valence-electron chi connectivity index (χ2n) is 6.51. The number of aromatic nitrogens is 3. The lowest BCUT2D eigenvalue weighted by atomic mass is 10.00. The van der Waals surface area contributed by atoms with Crippen LogP contribution in [0.2, 0.25) is 0 Å². The van der Waals surface area contributed by atoms with E-state index >= 15 is 0 Å². The number of anilines is 1. The number of H-pyrrole nitrogens is 1. The van der Waals surface area contributed by atoms with Crippen molar-refractivity contribution >= 4 is 38.9 Å². The van der Waals surface area contributed by atoms with Crippen molar-refractivity contribution < 1.29 is 9.13 Å². The minimum absolute atomic E-state index is 0.423. The van der Waals surface area contributed by atoms with Gasteiger partial charge in [0.05, 0.1) is 17.0 Å². The van der Waals surface area contributed by atoms with E-state index in [1.165, 1.54) is 17.7 Å². The highest BCUT2D eigenvalue weighted by Gasteiger charge is 2.29. The molecule has 6 nitrogen and oxygen atoms in total. The quantitative estimate of drug-likeness (QED) is 0.535. The van der Waals surface area contributed by atoms with Gasteiger partial charge in [-0.05, 0) is 41.1 Å². The van der Waals surface area contributed by atoms with Gasteiger partial charge in [0.2, 0.25) is 0 Å². The van der Waals surface area contributed by atoms with Crippen molar-refractivity contribution in [3.8, 4) is 27.9 Å². The van der Waals surface area contributed by atoms with Gasteiger partial charge in [0.25, 0.3) is 0 Å². The molecule has 28 heavy (non-hydrogen) atoms. The van der Waals surface area contributed by atoms with Gasteiger partial charge in [-0.25, -0.2) is 4.39 Å². The van der Waals surface area contributed by atoms with Crippen LogP contribution in [0.4, 0.5) is 9.39 Å². The maximum absolute atomic E-state index is 13.2. The molecule has 144 valence electrons. The molecule has 1 aliphatic rings. The van der Waals surface area contributed by atoms with Crippen molar-refractivity contribution in [1.82, 2.24) is 15.2 Å². The molecule has 0 aliphatic carbocycles. The smallest absolute Gasteiger partial charge is 0.171 e. The molecule has 3 heterocycles. The Bertz CT molecular complexity index is 1030. The average molecular weight is 509 g/mol. The zero-order valence-electron chi connectivity index (χ0n) is 15.1. The van der Waals surface area contributed by atoms with Gasteiger partial charge >= 0.3 is 0 Å². The summed E-state index contributed by atoms with van der Waals surface area (Å²) in [5.74, 6) is 0.620. The number of benzene rings is 1. The number of hydrogen-bond acceptors (Lipinski definition) is 6. The highest BCUT2D eigenvalue weighted by molar-refractivity contribution is 14.1. The predicted octanol–water partition coefficient (Wildman–Crippen LogP) is 4.16. The fraction of sp³-hybridized carbons (Fsp3) is 0.316. The Morgan fingerprint density at radius 1 is 1.50 bits per heavy atom. The first kappa shape index (κ1) is 19.3. The Morgan fingerprint density at radius 3 is 3.04 bits per heavy atom. The van der Waals surface area contributed by atoms with Crippen molar-refractivity contribution in [2.75, 3.05) is 31.3 Å². The van der Waals surface area contributed by atoms with Crippen molar-refractivity contribution in [2.24, 2.45) is 0 Å². The van der Waals surface area contributed by atoms with Gasteiger partial charge in [0.15, 0.2) is 5.82 Å². The molecule has 1 unspecified atom stereocenters. The maximum atomic E-state index is 13.2. The van der Waals surface area contributed by atoms with E-state index in [1.807, 2.05) is 24.0 Å². The van der Waals surface area contributed by atoms with Crippen LogP contribution in [0.15, 0.2) is 24.5 Å². The number of nitrogens with zero attached hydrogens (tertiary/aromatic N) is 4. The maximum Gasteiger partial charge on any atom is 0.171 e. The molecule has 1 aromatic carbocycles. The molecular formula is C19H17FIN5OS. The summed E-state index contributed by atoms with van der Waals surface area (Å²) >= 11 is 3.78. The van der Waals surface area contributed by atoms with Gasteiger partial charge in [-0.2, -0.15) is 5.26 Å². The lowest BCUT2D eigenvalue weighted by molar-refractivity contribution is 0.0249. The summed E-state index contributed by atoms with van der Waals surface area (Å²) in [4.78, 5) is 5.95. The van der Waals surface area contributed by atoms with Gasteiger partial charge in [-0.15, -0.1) is 21.5 Å². The molecule has 1 atom stereocenters. The molecule has 3 aromatic rings. The number of aryl methyl sites for hydroxylation is 1. The van der Waals surface area contributed by atoms with Crippen LogP contribution in [0, 0.1) is 21.8 Å². The Balaban J connectivity index is 1.91. The van der Waals surface area contributed by atoms with Crippen LogP contribution in [0.5, 0.6) is 0 Å². The molecule has 1 aliphatic heterocycles. The number of rotatable bonds is 4. The van der Waals surface area contributed by atoms with Gasteiger partial charge in [-0.1, -0.05) is 17.7 Å². The van der Waals surface area contributed by atoms with Crippen LogP contribution in [-0.2, 0) is 4.74 Å². The summed E-state index contributed by atoms with van der Waals surface area (Å²) in [5.41, 5.74) is 3.55. The van der Waals surface area contributed by atoms with E-state index in [0.717, 1.165) is 30.1 Å². The Labute approximate surface area is 179 Å². The normalized spacial score (nSPS) is 16.9. The topological polar surface area (TPSA) is 77.8 Å². The van der Waals surface area contributed by atoms with Crippen LogP contribution in [0.3, 0.4) is 0 Å². The molecule has 1 N–H and O–H groups in total. The van der Waals surface area contributed by atoms with Gasteiger partial charge < -0.3 is 14.6 Å². The van der Waals surface area contributed by atoms with Crippen LogP contribution in [0.25, 0.3) is 21.8 Å². The van der Waals surface area contributed by atoms with E-state index in [0.29, 0.717) is 31.1 Å². The third-order valence-corrected chi connectivity index (χ3v) is 6.78. The first-order valence-corrected chi connectivity index (χ1v) is 10.6. The first-order chi connectivity index (χ1) is 13.6. The number of ether oxygens (including phenoxy) is 1. The van der Waals surface area contributed by atoms with E-state index in [2.05, 4.69) is 49.9 Å². The molecule has 0 saturated carbocycles. The largest absolute Gasteiger partial charge is 0.372 e. The third kappa shape index (κ3) is 3.52. The zero-order chi connectivity index (χ0) is 19.7. The summed E-state index contributed by atoms with van der Waals surface area (Å²) in [7, 11) is 0. The predicted molar refractivity (Wildman–Crippen MR) is 115 cm³/mol. The monoisotopic (exact) mass is 509 g/mol. The molecule has 1 fully saturated rings. The molecule has 0 amide bonds. The minimum atomic E-state index is -0.540. The minimum Gasteiger partial charge on any atom is -0.372 e. The average Bonchev–Trinajstić information content (AvgIpc) is 3.35. The standard InChI is InChI=1S/C19H17FIN5OS/c1-11-2-3-13(15(21)6-11)16-14(8-22)19(26-4-5-27-12(7-20)9-26)28-17(16)18-23-10-24-25-18/h2-3,6,10,12H,4-5,7,9H2,1H3,(H,23,24,25). The molecule has 0 spiro atoms. The summed E-state index contributed by atoms with van der Waals surface area (Å²) in [6.45, 7) is 2.98. The number of nitriles is 1. The Hall–Kier alpha value is -2.03. The van der Waals surface area contributed by atoms with Crippen molar-refractivity contribution in [2.45, 2.75) is 13.0 Å². The molecule has 1 saturated heterocycles. The number of thiophene rings is 1. The van der Waals surface area contributed by atoms with Crippen molar-refractivity contribution in [3.63, 3.8) is 0 Å². The summed E-state index contributed by atoms with van der Waals surface area (Å²) in [6, 6.07) is 8.55. The van der Waals surface area contributed by atoms with E-state index in [-0.39, 0.29) is 0 Å². The highest BCUT2D eigenvalue weighted by Crippen LogP contribution is 2.47. The fourth-order valence-corrected chi connectivity index (χ4v) is 5.50. The van der Waals surface area contributed by atoms with Crippen LogP contribution in [0.1, 0.15) is 11.1 Å². The second-order valence-corrected chi connectivity index (χ2v) is 8.67. The van der Waals surface area contributed by atoms with Crippen LogP contribution in [-0.4, -0.2) is 47.7 Å². The SMILES string of the molecule is Cc1ccc(-c2c(-c3nnc[nH]3)sc(N3CCOC(CF)C3)c2C#N)c(I)c1. The van der Waals surface area contributed by atoms with Crippen molar-refractivity contribution in [3.05, 3.63) is 39.2 Å². The lowest BCUT2D eigenvalue weighted by Crippen LogP contribution is -2.43. The third-order valence-electron chi connectivity index (χ3n) is 4.63. The van der Waals surface area contributed by atoms with E-state index in [9.17, 15) is 9.65 Å². The lowest BCUT2D eigenvalue weighted by Gasteiger charge is -2.32. The summed E-state index contributed by atoms with van der Waals surface area (Å²) in [6.07, 6.45) is 1.05. The molecule has 2 aromatic heterocycles. The summed E-state index contributed by atoms with van der Waals surface area (Å²) in [5, 5.41) is 18.9. The number of morpholine rings is 1. The Kier molecular flexibility index (Phi) is 5.61. The van der Waals surface area contributed by atoms with E-state index in [1.54, 1.807) is 0 Å². The van der Waals surface area contributed by atoms with Crippen molar-refractivity contribution in [1.29, 1.82) is 5.26 Å². The Morgan fingerprint density at radius 2 is 2.36 bits per heavy atom. The number of hydrogen-bond donors (Lipinski definition) is 1. The number of aromatic amines is 1. The highest BCUT2D eigenvalue weighted by atomic mass is 127. The number of alkyl halides is 1. The zero-order valence-corrected chi connectivity index (χ0v) is 18.1. The van der Waals surface area contributed by atoms with Crippen LogP contribution < -0.4 is 4.90 Å². The molecule has 9 heteroatoms. The van der Waals surface area contributed by atoms with Crippen LogP contribution >= 0.6 is 33.9 Å². The molecular weight excluding hydrogens is 492 g/mol. The van der Waals surface area contributed by atoms with Gasteiger partial charge in [-0.3, -0.25) is 0 Å². The molecule has 4 rings (SSSR count). The molecule has 0 radical (unpaired) electrons. The van der Waals surface area contributed by atoms with E-state index in [4.69, 9.17) is 4.74 Å². The van der Waals surface area contributed by atoms with E-state index < -0.39 is 12.8 Å². The fourth-order valence-electron chi connectivity index (χ4n) is 3.31. The number of nitrogens with one attached hydrogen (secondary N) is 1. The van der Waals surface area contributed by atoms with Gasteiger partial charge in [0.1, 0.15) is 30.2 Å². The second kappa shape index (κ2) is 8.14. The van der Waals surface area contributed by atoms with Gasteiger partial charge in [0, 0.05) is 22.2 Å².